The molecule has 2 aromatic carbocycles. The molecular formula is C18H15BrClN3O2S. The Morgan fingerprint density at radius 1 is 1.27 bits per heavy atom. The first kappa shape index (κ1) is 18.8. The fourth-order valence-corrected chi connectivity index (χ4v) is 2.98. The molecule has 0 atom stereocenters. The van der Waals surface area contributed by atoms with Crippen molar-refractivity contribution in [3.05, 3.63) is 45.9 Å². The topological polar surface area (TPSA) is 67.2 Å². The Balaban J connectivity index is 1.85. The van der Waals surface area contributed by atoms with E-state index in [1.807, 2.05) is 12.1 Å². The number of carbonyl (C=O) groups excluding carboxylic acids is 1. The van der Waals surface area contributed by atoms with Gasteiger partial charge in [-0.05, 0) is 48.6 Å². The van der Waals surface area contributed by atoms with E-state index in [-0.39, 0.29) is 16.9 Å². The van der Waals surface area contributed by atoms with Gasteiger partial charge in [0.2, 0.25) is 11.8 Å². The Labute approximate surface area is 169 Å². The van der Waals surface area contributed by atoms with Crippen LogP contribution >= 0.6 is 39.7 Å². The van der Waals surface area contributed by atoms with E-state index in [0.29, 0.717) is 33.3 Å². The molecule has 0 radical (unpaired) electrons. The number of rotatable bonds is 3. The number of nitrogens with one attached hydrogen (secondary N) is 2. The third-order valence-corrected chi connectivity index (χ3v) is 4.59. The molecule has 0 unspecified atom stereocenters. The molecule has 0 saturated heterocycles. The van der Waals surface area contributed by atoms with Gasteiger partial charge in [-0.3, -0.25) is 4.79 Å². The molecule has 0 aliphatic heterocycles. The van der Waals surface area contributed by atoms with Crippen molar-refractivity contribution in [2.24, 2.45) is 5.92 Å². The molecule has 0 aliphatic carbocycles. The Kier molecular flexibility index (Phi) is 5.60. The first-order chi connectivity index (χ1) is 12.3. The van der Waals surface area contributed by atoms with Gasteiger partial charge in [-0.1, -0.05) is 41.4 Å². The third-order valence-electron chi connectivity index (χ3n) is 3.57. The zero-order valence-electron chi connectivity index (χ0n) is 14.0. The van der Waals surface area contributed by atoms with Crippen LogP contribution < -0.4 is 10.6 Å². The molecule has 0 bridgehead atoms. The minimum absolute atomic E-state index is 0.142. The van der Waals surface area contributed by atoms with E-state index in [9.17, 15) is 4.79 Å². The number of thiocarbonyl (C=S) groups is 1. The number of benzene rings is 2. The van der Waals surface area contributed by atoms with Crippen molar-refractivity contribution in [1.82, 2.24) is 10.3 Å². The molecule has 0 fully saturated rings. The molecule has 8 heteroatoms. The van der Waals surface area contributed by atoms with Crippen LogP contribution in [0.25, 0.3) is 22.6 Å². The van der Waals surface area contributed by atoms with Crippen LogP contribution in [-0.4, -0.2) is 16.0 Å². The number of hydrogen-bond acceptors (Lipinski definition) is 4. The summed E-state index contributed by atoms with van der Waals surface area (Å²) in [5.74, 6) is 0.140. The quantitative estimate of drug-likeness (QED) is 0.522. The smallest absolute Gasteiger partial charge is 0.228 e. The molecule has 2 N–H and O–H groups in total. The van der Waals surface area contributed by atoms with Crippen molar-refractivity contribution in [2.45, 2.75) is 13.8 Å². The van der Waals surface area contributed by atoms with E-state index in [0.717, 1.165) is 4.47 Å². The molecule has 26 heavy (non-hydrogen) atoms. The molecule has 1 heterocycles. The van der Waals surface area contributed by atoms with E-state index in [2.05, 4.69) is 31.5 Å². The van der Waals surface area contributed by atoms with Gasteiger partial charge in [0.05, 0.1) is 10.6 Å². The highest BCUT2D eigenvalue weighted by molar-refractivity contribution is 9.10. The standard InChI is InChI=1S/C18H15BrClN3O2S/c1-9(2)16(24)23-18(26)21-11-4-6-15-14(8-11)22-17(25-15)12-7-10(19)3-5-13(12)20/h3-9H,1-2H3,(H2,21,23,24,26). The van der Waals surface area contributed by atoms with Crippen LogP contribution in [0.4, 0.5) is 5.69 Å². The zero-order valence-corrected chi connectivity index (χ0v) is 17.1. The SMILES string of the molecule is CC(C)C(=O)NC(=S)Nc1ccc2oc(-c3cc(Br)ccc3Cl)nc2c1. The maximum Gasteiger partial charge on any atom is 0.228 e. The van der Waals surface area contributed by atoms with Crippen LogP contribution in [0.1, 0.15) is 13.8 Å². The van der Waals surface area contributed by atoms with Crippen molar-refractivity contribution in [1.29, 1.82) is 0 Å². The Bertz CT molecular complexity index is 1000. The van der Waals surface area contributed by atoms with Crippen molar-refractivity contribution in [2.75, 3.05) is 5.32 Å². The highest BCUT2D eigenvalue weighted by Gasteiger charge is 2.13. The van der Waals surface area contributed by atoms with E-state index in [1.54, 1.807) is 38.1 Å². The molecule has 3 rings (SSSR count). The number of amides is 1. The fourth-order valence-electron chi connectivity index (χ4n) is 2.20. The van der Waals surface area contributed by atoms with Gasteiger partial charge in [0.25, 0.3) is 0 Å². The van der Waals surface area contributed by atoms with Gasteiger partial charge in [-0.15, -0.1) is 0 Å². The van der Waals surface area contributed by atoms with Gasteiger partial charge in [0, 0.05) is 16.1 Å². The van der Waals surface area contributed by atoms with Crippen molar-refractivity contribution in [3.8, 4) is 11.5 Å². The van der Waals surface area contributed by atoms with Crippen LogP contribution in [0, 0.1) is 5.92 Å². The summed E-state index contributed by atoms with van der Waals surface area (Å²) >= 11 is 14.8. The molecule has 3 aromatic rings. The average Bonchev–Trinajstić information content (AvgIpc) is 2.99. The molecular weight excluding hydrogens is 438 g/mol. The monoisotopic (exact) mass is 451 g/mol. The number of hydrogen-bond donors (Lipinski definition) is 2. The predicted octanol–water partition coefficient (Wildman–Crippen LogP) is 5.38. The lowest BCUT2D eigenvalue weighted by molar-refractivity contribution is -0.122. The van der Waals surface area contributed by atoms with E-state index < -0.39 is 0 Å². The van der Waals surface area contributed by atoms with Gasteiger partial charge in [-0.25, -0.2) is 4.98 Å². The lowest BCUT2D eigenvalue weighted by Gasteiger charge is -2.10. The maximum atomic E-state index is 11.7. The normalized spacial score (nSPS) is 11.0. The Morgan fingerprint density at radius 3 is 2.77 bits per heavy atom. The molecule has 1 aromatic heterocycles. The van der Waals surface area contributed by atoms with Gasteiger partial charge < -0.3 is 15.1 Å². The summed E-state index contributed by atoms with van der Waals surface area (Å²) in [5, 5.41) is 6.40. The second-order valence-corrected chi connectivity index (χ2v) is 7.65. The van der Waals surface area contributed by atoms with E-state index in [1.165, 1.54) is 0 Å². The average molecular weight is 453 g/mol. The van der Waals surface area contributed by atoms with Gasteiger partial charge in [-0.2, -0.15) is 0 Å². The molecule has 134 valence electrons. The molecule has 1 amide bonds. The summed E-state index contributed by atoms with van der Waals surface area (Å²) in [6.45, 7) is 3.60. The lowest BCUT2D eigenvalue weighted by atomic mass is 10.2. The summed E-state index contributed by atoms with van der Waals surface area (Å²) in [6, 6.07) is 10.9. The summed E-state index contributed by atoms with van der Waals surface area (Å²) in [6.07, 6.45) is 0. The van der Waals surface area contributed by atoms with Crippen LogP contribution in [0.3, 0.4) is 0 Å². The van der Waals surface area contributed by atoms with Crippen molar-refractivity contribution >= 4 is 67.6 Å². The van der Waals surface area contributed by atoms with Crippen molar-refractivity contribution < 1.29 is 9.21 Å². The highest BCUT2D eigenvalue weighted by Crippen LogP contribution is 2.32. The number of oxazole rings is 1. The highest BCUT2D eigenvalue weighted by atomic mass is 79.9. The minimum Gasteiger partial charge on any atom is -0.436 e. The third kappa shape index (κ3) is 4.23. The first-order valence-electron chi connectivity index (χ1n) is 7.81. The minimum atomic E-state index is -0.148. The number of aromatic nitrogens is 1. The van der Waals surface area contributed by atoms with E-state index in [4.69, 9.17) is 28.2 Å². The Hall–Kier alpha value is -1.96. The number of carbonyl (C=O) groups is 1. The predicted molar refractivity (Wildman–Crippen MR) is 111 cm³/mol. The van der Waals surface area contributed by atoms with Crippen LogP contribution in [0.5, 0.6) is 0 Å². The molecule has 0 spiro atoms. The maximum absolute atomic E-state index is 11.7. The lowest BCUT2D eigenvalue weighted by Crippen LogP contribution is -2.36. The number of halogens is 2. The fraction of sp³-hybridized carbons (Fsp3) is 0.167. The number of anilines is 1. The van der Waals surface area contributed by atoms with Gasteiger partial charge in [0.15, 0.2) is 10.7 Å². The second-order valence-electron chi connectivity index (χ2n) is 5.92. The summed E-state index contributed by atoms with van der Waals surface area (Å²) in [4.78, 5) is 16.2. The number of nitrogens with zero attached hydrogens (tertiary/aromatic N) is 1. The van der Waals surface area contributed by atoms with Crippen LogP contribution in [0.15, 0.2) is 45.3 Å². The molecule has 0 aliphatic rings. The van der Waals surface area contributed by atoms with Crippen LogP contribution in [-0.2, 0) is 4.79 Å². The Morgan fingerprint density at radius 2 is 2.04 bits per heavy atom. The largest absolute Gasteiger partial charge is 0.436 e. The van der Waals surface area contributed by atoms with Crippen LogP contribution in [0.2, 0.25) is 5.02 Å². The zero-order chi connectivity index (χ0) is 18.8. The van der Waals surface area contributed by atoms with Gasteiger partial charge in [0.1, 0.15) is 5.52 Å². The summed E-state index contributed by atoms with van der Waals surface area (Å²) in [5.41, 5.74) is 2.68. The van der Waals surface area contributed by atoms with Gasteiger partial charge >= 0.3 is 0 Å². The summed E-state index contributed by atoms with van der Waals surface area (Å²) < 4.78 is 6.68. The van der Waals surface area contributed by atoms with E-state index >= 15 is 0 Å². The summed E-state index contributed by atoms with van der Waals surface area (Å²) in [7, 11) is 0. The molecule has 5 nitrogen and oxygen atoms in total. The second kappa shape index (κ2) is 7.73. The first-order valence-corrected chi connectivity index (χ1v) is 9.39. The van der Waals surface area contributed by atoms with Crippen molar-refractivity contribution in [3.63, 3.8) is 0 Å². The number of fused-ring (bicyclic) bond motifs is 1. The molecule has 0 saturated carbocycles.